The van der Waals surface area contributed by atoms with Gasteiger partial charge in [-0.25, -0.2) is 13.4 Å². The Morgan fingerprint density at radius 1 is 1.26 bits per heavy atom. The lowest BCUT2D eigenvalue weighted by molar-refractivity contribution is 0.392. The van der Waals surface area contributed by atoms with Crippen LogP contribution < -0.4 is 9.47 Å². The second-order valence-corrected chi connectivity index (χ2v) is 6.64. The molecule has 1 aromatic heterocycles. The topological polar surface area (TPSA) is 65.5 Å². The van der Waals surface area contributed by atoms with E-state index in [9.17, 15) is 8.42 Å². The maximum absolute atomic E-state index is 12.4. The molecule has 0 radical (unpaired) electrons. The Morgan fingerprint density at radius 3 is 2.63 bits per heavy atom. The molecule has 0 aliphatic carbocycles. The zero-order valence-corrected chi connectivity index (χ0v) is 12.1. The van der Waals surface area contributed by atoms with E-state index in [-0.39, 0.29) is 10.6 Å². The molecule has 0 fully saturated rings. The fourth-order valence-corrected chi connectivity index (χ4v) is 4.04. The fourth-order valence-electron chi connectivity index (χ4n) is 1.59. The van der Waals surface area contributed by atoms with E-state index >= 15 is 0 Å². The van der Waals surface area contributed by atoms with Crippen molar-refractivity contribution in [1.82, 2.24) is 4.98 Å². The quantitative estimate of drug-likeness (QED) is 0.846. The van der Waals surface area contributed by atoms with Gasteiger partial charge < -0.3 is 9.47 Å². The molecule has 0 spiro atoms. The monoisotopic (exact) mass is 299 g/mol. The number of hydrogen-bond acceptors (Lipinski definition) is 6. The highest BCUT2D eigenvalue weighted by molar-refractivity contribution is 7.90. The van der Waals surface area contributed by atoms with Gasteiger partial charge >= 0.3 is 0 Å². The summed E-state index contributed by atoms with van der Waals surface area (Å²) in [6.45, 7) is 0. The Morgan fingerprint density at radius 2 is 2.05 bits per heavy atom. The number of sulfone groups is 1. The average Bonchev–Trinajstić information content (AvgIpc) is 2.90. The van der Waals surface area contributed by atoms with E-state index in [0.717, 1.165) is 0 Å². The Kier molecular flexibility index (Phi) is 4.06. The van der Waals surface area contributed by atoms with Gasteiger partial charge in [-0.05, 0) is 12.1 Å². The van der Waals surface area contributed by atoms with Crippen LogP contribution in [0, 0.1) is 0 Å². The highest BCUT2D eigenvalue weighted by Crippen LogP contribution is 2.30. The summed E-state index contributed by atoms with van der Waals surface area (Å²) in [7, 11) is -0.596. The van der Waals surface area contributed by atoms with E-state index in [4.69, 9.17) is 9.47 Å². The number of rotatable bonds is 5. The molecule has 0 unspecified atom stereocenters. The van der Waals surface area contributed by atoms with E-state index in [0.29, 0.717) is 16.5 Å². The van der Waals surface area contributed by atoms with Gasteiger partial charge in [-0.15, -0.1) is 11.3 Å². The lowest BCUT2D eigenvalue weighted by atomic mass is 10.3. The molecule has 7 heteroatoms. The van der Waals surface area contributed by atoms with Crippen molar-refractivity contribution in [3.05, 3.63) is 34.8 Å². The molecular formula is C12H13NO4S2. The molecule has 102 valence electrons. The van der Waals surface area contributed by atoms with E-state index in [1.165, 1.54) is 31.6 Å². The Hall–Kier alpha value is -1.60. The predicted molar refractivity (Wildman–Crippen MR) is 72.5 cm³/mol. The highest BCUT2D eigenvalue weighted by atomic mass is 32.2. The first-order chi connectivity index (χ1) is 9.06. The molecule has 5 nitrogen and oxygen atoms in total. The zero-order chi connectivity index (χ0) is 13.9. The van der Waals surface area contributed by atoms with Crippen LogP contribution in [0.5, 0.6) is 11.5 Å². The van der Waals surface area contributed by atoms with Crippen LogP contribution in [0.25, 0.3) is 0 Å². The molecule has 2 rings (SSSR count). The van der Waals surface area contributed by atoms with Gasteiger partial charge in [0.25, 0.3) is 0 Å². The summed E-state index contributed by atoms with van der Waals surface area (Å²) >= 11 is 1.31. The summed E-state index contributed by atoms with van der Waals surface area (Å²) in [6, 6.07) is 4.69. The van der Waals surface area contributed by atoms with Gasteiger partial charge in [0.1, 0.15) is 27.2 Å². The van der Waals surface area contributed by atoms with Gasteiger partial charge in [0, 0.05) is 17.6 Å². The lowest BCUT2D eigenvalue weighted by Crippen LogP contribution is -2.07. The number of nitrogens with zero attached hydrogens (tertiary/aromatic N) is 1. The molecule has 0 atom stereocenters. The van der Waals surface area contributed by atoms with Gasteiger partial charge in [-0.2, -0.15) is 0 Å². The van der Waals surface area contributed by atoms with Crippen LogP contribution in [-0.4, -0.2) is 27.6 Å². The van der Waals surface area contributed by atoms with Crippen LogP contribution in [0.3, 0.4) is 0 Å². The smallest absolute Gasteiger partial charge is 0.188 e. The minimum Gasteiger partial charge on any atom is -0.497 e. The summed E-state index contributed by atoms with van der Waals surface area (Å²) in [4.78, 5) is 4.11. The summed E-state index contributed by atoms with van der Waals surface area (Å²) in [5.41, 5.74) is 0. The lowest BCUT2D eigenvalue weighted by Gasteiger charge is -2.10. The van der Waals surface area contributed by atoms with Crippen molar-refractivity contribution in [3.63, 3.8) is 0 Å². The molecule has 19 heavy (non-hydrogen) atoms. The summed E-state index contributed by atoms with van der Waals surface area (Å²) in [5, 5.41) is 2.29. The van der Waals surface area contributed by atoms with Crippen molar-refractivity contribution >= 4 is 21.2 Å². The molecular weight excluding hydrogens is 286 g/mol. The second-order valence-electron chi connectivity index (χ2n) is 3.70. The molecule has 0 saturated carbocycles. The van der Waals surface area contributed by atoms with Crippen LogP contribution in [0.2, 0.25) is 0 Å². The average molecular weight is 299 g/mol. The first-order valence-corrected chi connectivity index (χ1v) is 7.93. The number of aromatic nitrogens is 1. The molecule has 0 bridgehead atoms. The molecule has 2 aromatic rings. The van der Waals surface area contributed by atoms with E-state index in [1.807, 2.05) is 0 Å². The SMILES string of the molecule is COc1ccc(OC)c(S(=O)(=O)Cc2nccs2)c1. The number of thiazole rings is 1. The number of benzene rings is 1. The zero-order valence-electron chi connectivity index (χ0n) is 10.5. The second kappa shape index (κ2) is 5.58. The molecule has 1 aromatic carbocycles. The van der Waals surface area contributed by atoms with E-state index < -0.39 is 9.84 Å². The minimum atomic E-state index is -3.52. The molecule has 0 saturated heterocycles. The normalized spacial score (nSPS) is 11.3. The minimum absolute atomic E-state index is 0.115. The maximum Gasteiger partial charge on any atom is 0.188 e. The molecule has 0 amide bonds. The van der Waals surface area contributed by atoms with Crippen molar-refractivity contribution < 1.29 is 17.9 Å². The number of hydrogen-bond donors (Lipinski definition) is 0. The Balaban J connectivity index is 2.43. The van der Waals surface area contributed by atoms with Crippen LogP contribution in [0.1, 0.15) is 5.01 Å². The van der Waals surface area contributed by atoms with Crippen LogP contribution >= 0.6 is 11.3 Å². The number of methoxy groups -OCH3 is 2. The van der Waals surface area contributed by atoms with E-state index in [2.05, 4.69) is 4.98 Å². The summed E-state index contributed by atoms with van der Waals surface area (Å²) in [5.74, 6) is 0.629. The largest absolute Gasteiger partial charge is 0.497 e. The third-order valence-electron chi connectivity index (χ3n) is 2.50. The van der Waals surface area contributed by atoms with Gasteiger partial charge in [0.05, 0.1) is 14.2 Å². The van der Waals surface area contributed by atoms with Crippen LogP contribution in [0.15, 0.2) is 34.7 Å². The third kappa shape index (κ3) is 3.05. The highest BCUT2D eigenvalue weighted by Gasteiger charge is 2.22. The van der Waals surface area contributed by atoms with Crippen molar-refractivity contribution in [1.29, 1.82) is 0 Å². The third-order valence-corrected chi connectivity index (χ3v) is 5.11. The van der Waals surface area contributed by atoms with Gasteiger partial charge in [-0.3, -0.25) is 0 Å². The van der Waals surface area contributed by atoms with Crippen molar-refractivity contribution in [3.8, 4) is 11.5 Å². The Bertz CT molecular complexity index is 650. The molecule has 1 heterocycles. The van der Waals surface area contributed by atoms with Crippen LogP contribution in [0.4, 0.5) is 0 Å². The van der Waals surface area contributed by atoms with Crippen molar-refractivity contribution in [2.75, 3.05) is 14.2 Å². The fraction of sp³-hybridized carbons (Fsp3) is 0.250. The van der Waals surface area contributed by atoms with Gasteiger partial charge in [-0.1, -0.05) is 0 Å². The molecule has 0 aliphatic rings. The standard InChI is InChI=1S/C12H13NO4S2/c1-16-9-3-4-10(17-2)11(7-9)19(14,15)8-12-13-5-6-18-12/h3-7H,8H2,1-2H3. The van der Waals surface area contributed by atoms with Gasteiger partial charge in [0.15, 0.2) is 9.84 Å². The van der Waals surface area contributed by atoms with E-state index in [1.54, 1.807) is 23.7 Å². The summed E-state index contributed by atoms with van der Waals surface area (Å²) in [6.07, 6.45) is 1.58. The van der Waals surface area contributed by atoms with Crippen molar-refractivity contribution in [2.45, 2.75) is 10.6 Å². The molecule has 0 N–H and O–H groups in total. The first-order valence-electron chi connectivity index (χ1n) is 5.40. The molecule has 0 aliphatic heterocycles. The summed E-state index contributed by atoms with van der Waals surface area (Å²) < 4.78 is 34.9. The van der Waals surface area contributed by atoms with Gasteiger partial charge in [0.2, 0.25) is 0 Å². The van der Waals surface area contributed by atoms with Crippen LogP contribution in [-0.2, 0) is 15.6 Å². The predicted octanol–water partition coefficient (Wildman–Crippen LogP) is 2.13. The number of ether oxygens (including phenoxy) is 2. The van der Waals surface area contributed by atoms with Crippen molar-refractivity contribution in [2.24, 2.45) is 0 Å². The Labute approximate surface area is 115 Å². The first kappa shape index (κ1) is 13.8. The maximum atomic E-state index is 12.4.